The van der Waals surface area contributed by atoms with E-state index in [-0.39, 0.29) is 22.1 Å². The molecule has 2 aromatic carbocycles. The fraction of sp³-hybridized carbons (Fsp3) is 0.238. The first-order valence-corrected chi connectivity index (χ1v) is 10.9. The van der Waals surface area contributed by atoms with Gasteiger partial charge in [-0.3, -0.25) is 14.2 Å². The van der Waals surface area contributed by atoms with Crippen LogP contribution < -0.4 is 10.0 Å². The van der Waals surface area contributed by atoms with Crippen molar-refractivity contribution in [3.05, 3.63) is 77.4 Å². The van der Waals surface area contributed by atoms with Gasteiger partial charge in [-0.15, -0.1) is 0 Å². The molecular formula is C21H23FN4O3S. The molecule has 0 saturated carbocycles. The van der Waals surface area contributed by atoms with E-state index in [1.165, 1.54) is 30.3 Å². The summed E-state index contributed by atoms with van der Waals surface area (Å²) in [5, 5.41) is 6.99. The van der Waals surface area contributed by atoms with E-state index in [9.17, 15) is 17.6 Å². The molecule has 0 atom stereocenters. The smallest absolute Gasteiger partial charge is 0.262 e. The Hall–Kier alpha value is -3.20. The maximum atomic E-state index is 13.8. The Morgan fingerprint density at radius 3 is 2.63 bits per heavy atom. The number of carbonyl (C=O) groups is 1. The second-order valence-electron chi connectivity index (χ2n) is 6.95. The monoisotopic (exact) mass is 430 g/mol. The molecule has 2 N–H and O–H groups in total. The predicted octanol–water partition coefficient (Wildman–Crippen LogP) is 3.26. The van der Waals surface area contributed by atoms with Crippen LogP contribution in [0.3, 0.4) is 0 Å². The van der Waals surface area contributed by atoms with Crippen LogP contribution in [-0.2, 0) is 16.6 Å². The van der Waals surface area contributed by atoms with E-state index in [2.05, 4.69) is 15.1 Å². The molecule has 9 heteroatoms. The van der Waals surface area contributed by atoms with Crippen LogP contribution in [0.15, 0.2) is 59.8 Å². The van der Waals surface area contributed by atoms with Crippen molar-refractivity contribution < 1.29 is 17.6 Å². The van der Waals surface area contributed by atoms with Crippen molar-refractivity contribution in [2.45, 2.75) is 31.7 Å². The van der Waals surface area contributed by atoms with Gasteiger partial charge in [0.2, 0.25) is 0 Å². The largest absolute Gasteiger partial charge is 0.352 e. The number of halogens is 1. The molecule has 30 heavy (non-hydrogen) atoms. The number of rotatable bonds is 8. The maximum absolute atomic E-state index is 13.8. The Morgan fingerprint density at radius 2 is 1.93 bits per heavy atom. The zero-order valence-corrected chi connectivity index (χ0v) is 17.5. The SMILES string of the molecule is Cc1cnn(CCCNC(=O)c2cc(S(=O)(=O)Nc3ccccc3F)ccc2C)c1. The maximum Gasteiger partial charge on any atom is 0.262 e. The van der Waals surface area contributed by atoms with Gasteiger partial charge >= 0.3 is 0 Å². The van der Waals surface area contributed by atoms with Gasteiger partial charge in [-0.2, -0.15) is 5.10 Å². The lowest BCUT2D eigenvalue weighted by molar-refractivity contribution is 0.0951. The van der Waals surface area contributed by atoms with Gasteiger partial charge in [-0.05, 0) is 55.7 Å². The number of hydrogen-bond acceptors (Lipinski definition) is 4. The number of para-hydroxylation sites is 1. The topological polar surface area (TPSA) is 93.1 Å². The minimum atomic E-state index is -4.05. The predicted molar refractivity (Wildman–Crippen MR) is 112 cm³/mol. The molecule has 3 rings (SSSR count). The lowest BCUT2D eigenvalue weighted by Gasteiger charge is -2.12. The molecule has 0 bridgehead atoms. The van der Waals surface area contributed by atoms with Crippen LogP contribution in [0.1, 0.15) is 27.9 Å². The number of carbonyl (C=O) groups excluding carboxylic acids is 1. The first-order chi connectivity index (χ1) is 14.3. The first kappa shape index (κ1) is 21.5. The Labute approximate surface area is 175 Å². The van der Waals surface area contributed by atoms with E-state index < -0.39 is 15.8 Å². The molecule has 0 unspecified atom stereocenters. The molecule has 0 fully saturated rings. The standard InChI is InChI=1S/C21H23FN4O3S/c1-15-13-24-26(14-15)11-5-10-23-21(27)18-12-17(9-8-16(18)2)30(28,29)25-20-7-4-3-6-19(20)22/h3-4,6-9,12-14,25H,5,10-11H2,1-2H3,(H,23,27). The molecule has 7 nitrogen and oxygen atoms in total. The third-order valence-corrected chi connectivity index (χ3v) is 5.86. The fourth-order valence-corrected chi connectivity index (χ4v) is 3.98. The van der Waals surface area contributed by atoms with Crippen LogP contribution in [0, 0.1) is 19.7 Å². The fourth-order valence-electron chi connectivity index (χ4n) is 2.89. The van der Waals surface area contributed by atoms with Crippen molar-refractivity contribution in [3.63, 3.8) is 0 Å². The van der Waals surface area contributed by atoms with E-state index in [4.69, 9.17) is 0 Å². The highest BCUT2D eigenvalue weighted by molar-refractivity contribution is 7.92. The van der Waals surface area contributed by atoms with Crippen LogP contribution in [0.25, 0.3) is 0 Å². The number of benzene rings is 2. The second kappa shape index (κ2) is 9.08. The molecule has 1 heterocycles. The molecule has 0 spiro atoms. The van der Waals surface area contributed by atoms with Gasteiger partial charge in [0.15, 0.2) is 0 Å². The van der Waals surface area contributed by atoms with Gasteiger partial charge in [0.1, 0.15) is 5.82 Å². The second-order valence-corrected chi connectivity index (χ2v) is 8.63. The average molecular weight is 431 g/mol. The molecule has 1 aromatic heterocycles. The molecule has 0 aliphatic carbocycles. The van der Waals surface area contributed by atoms with Crippen LogP contribution in [0.5, 0.6) is 0 Å². The number of nitrogens with one attached hydrogen (secondary N) is 2. The van der Waals surface area contributed by atoms with Crippen LogP contribution >= 0.6 is 0 Å². The highest BCUT2D eigenvalue weighted by Gasteiger charge is 2.19. The molecular weight excluding hydrogens is 407 g/mol. The van der Waals surface area contributed by atoms with E-state index in [1.54, 1.807) is 23.9 Å². The molecule has 0 saturated heterocycles. The number of nitrogens with zero attached hydrogens (tertiary/aromatic N) is 2. The van der Waals surface area contributed by atoms with Crippen molar-refractivity contribution in [2.24, 2.45) is 0 Å². The van der Waals surface area contributed by atoms with Crippen molar-refractivity contribution >= 4 is 21.6 Å². The van der Waals surface area contributed by atoms with Crippen molar-refractivity contribution in [2.75, 3.05) is 11.3 Å². The van der Waals surface area contributed by atoms with Crippen molar-refractivity contribution in [1.82, 2.24) is 15.1 Å². The highest BCUT2D eigenvalue weighted by Crippen LogP contribution is 2.21. The highest BCUT2D eigenvalue weighted by atomic mass is 32.2. The first-order valence-electron chi connectivity index (χ1n) is 9.41. The number of sulfonamides is 1. The summed E-state index contributed by atoms with van der Waals surface area (Å²) in [7, 11) is -4.05. The lowest BCUT2D eigenvalue weighted by atomic mass is 10.1. The molecule has 3 aromatic rings. The van der Waals surface area contributed by atoms with E-state index >= 15 is 0 Å². The number of aryl methyl sites for hydroxylation is 3. The molecule has 0 aliphatic heterocycles. The number of aromatic nitrogens is 2. The summed E-state index contributed by atoms with van der Waals surface area (Å²) >= 11 is 0. The Kier molecular flexibility index (Phi) is 6.51. The average Bonchev–Trinajstić information content (AvgIpc) is 3.12. The Bertz CT molecular complexity index is 1160. The van der Waals surface area contributed by atoms with Gasteiger partial charge in [0, 0.05) is 24.8 Å². The summed E-state index contributed by atoms with van der Waals surface area (Å²) in [6.07, 6.45) is 4.37. The van der Waals surface area contributed by atoms with E-state index in [1.807, 2.05) is 13.1 Å². The number of anilines is 1. The quantitative estimate of drug-likeness (QED) is 0.537. The zero-order valence-electron chi connectivity index (χ0n) is 16.7. The lowest BCUT2D eigenvalue weighted by Crippen LogP contribution is -2.26. The Morgan fingerprint density at radius 1 is 1.17 bits per heavy atom. The van der Waals surface area contributed by atoms with Gasteiger partial charge in [-0.1, -0.05) is 18.2 Å². The van der Waals surface area contributed by atoms with Crippen molar-refractivity contribution in [1.29, 1.82) is 0 Å². The number of amides is 1. The van der Waals surface area contributed by atoms with Gasteiger partial charge in [0.25, 0.3) is 15.9 Å². The third kappa shape index (κ3) is 5.24. The molecule has 0 aliphatic rings. The van der Waals surface area contributed by atoms with Gasteiger partial charge in [-0.25, -0.2) is 12.8 Å². The van der Waals surface area contributed by atoms with Crippen LogP contribution in [0.4, 0.5) is 10.1 Å². The summed E-state index contributed by atoms with van der Waals surface area (Å²) in [5.74, 6) is -1.05. The summed E-state index contributed by atoms with van der Waals surface area (Å²) in [4.78, 5) is 12.4. The minimum Gasteiger partial charge on any atom is -0.352 e. The molecule has 1 amide bonds. The molecule has 0 radical (unpaired) electrons. The van der Waals surface area contributed by atoms with E-state index in [0.29, 0.717) is 25.1 Å². The van der Waals surface area contributed by atoms with Crippen LogP contribution in [0.2, 0.25) is 0 Å². The van der Waals surface area contributed by atoms with Gasteiger partial charge < -0.3 is 5.32 Å². The summed E-state index contributed by atoms with van der Waals surface area (Å²) < 4.78 is 43.1. The van der Waals surface area contributed by atoms with Gasteiger partial charge in [0.05, 0.1) is 16.8 Å². The summed E-state index contributed by atoms with van der Waals surface area (Å²) in [6.45, 7) is 4.76. The normalized spacial score (nSPS) is 11.3. The third-order valence-electron chi connectivity index (χ3n) is 4.49. The van der Waals surface area contributed by atoms with E-state index in [0.717, 1.165) is 11.6 Å². The number of hydrogen-bond donors (Lipinski definition) is 2. The Balaban J connectivity index is 1.67. The zero-order chi connectivity index (χ0) is 21.7. The van der Waals surface area contributed by atoms with Crippen molar-refractivity contribution in [3.8, 4) is 0 Å². The molecule has 158 valence electrons. The summed E-state index contributed by atoms with van der Waals surface area (Å²) in [5.41, 5.74) is 1.80. The summed E-state index contributed by atoms with van der Waals surface area (Å²) in [6, 6.07) is 9.72. The van der Waals surface area contributed by atoms with Crippen LogP contribution in [-0.4, -0.2) is 30.7 Å². The minimum absolute atomic E-state index is 0.117.